The molecule has 0 aromatic rings. The van der Waals surface area contributed by atoms with Crippen LogP contribution in [0.3, 0.4) is 0 Å². The number of nitrogens with two attached hydrogens (primary N) is 1. The summed E-state index contributed by atoms with van der Waals surface area (Å²) in [5.74, 6) is 0.642. The average molecular weight is 230 g/mol. The Morgan fingerprint density at radius 2 is 2.25 bits per heavy atom. The molecule has 3 atom stereocenters. The minimum absolute atomic E-state index is 0.0466. The maximum Gasteiger partial charge on any atom is 0.0724 e. The van der Waals surface area contributed by atoms with Gasteiger partial charge >= 0.3 is 0 Å². The third-order valence-electron chi connectivity index (χ3n) is 3.64. The summed E-state index contributed by atoms with van der Waals surface area (Å²) in [6, 6.07) is 0. The number of hydrogen-bond acceptors (Lipinski definition) is 4. The van der Waals surface area contributed by atoms with Crippen LogP contribution >= 0.6 is 0 Å². The van der Waals surface area contributed by atoms with E-state index in [9.17, 15) is 0 Å². The molecule has 0 aliphatic carbocycles. The number of ether oxygens (including phenoxy) is 1. The highest BCUT2D eigenvalue weighted by Gasteiger charge is 2.27. The van der Waals surface area contributed by atoms with Crippen LogP contribution in [0.2, 0.25) is 0 Å². The fourth-order valence-corrected chi connectivity index (χ4v) is 2.10. The molecular formula is C12H26N2O2. The SMILES string of the molecule is COC1CN(CCC(C)(N)CO)CCC1C. The van der Waals surface area contributed by atoms with Crippen molar-refractivity contribution in [1.82, 2.24) is 4.90 Å². The Hall–Kier alpha value is -0.160. The zero-order chi connectivity index (χ0) is 12.2. The Bertz CT molecular complexity index is 209. The minimum atomic E-state index is -0.453. The van der Waals surface area contributed by atoms with Gasteiger partial charge in [-0.15, -0.1) is 0 Å². The first-order valence-electron chi connectivity index (χ1n) is 6.13. The Morgan fingerprint density at radius 3 is 2.81 bits per heavy atom. The molecule has 96 valence electrons. The molecule has 4 nitrogen and oxygen atoms in total. The highest BCUT2D eigenvalue weighted by Crippen LogP contribution is 2.20. The first-order chi connectivity index (χ1) is 7.48. The number of aliphatic hydroxyl groups is 1. The maximum atomic E-state index is 9.10. The second-order valence-electron chi connectivity index (χ2n) is 5.40. The number of methoxy groups -OCH3 is 1. The normalized spacial score (nSPS) is 31.3. The summed E-state index contributed by atoms with van der Waals surface area (Å²) >= 11 is 0. The molecule has 1 saturated heterocycles. The van der Waals surface area contributed by atoms with Crippen molar-refractivity contribution in [3.8, 4) is 0 Å². The molecule has 1 rings (SSSR count). The van der Waals surface area contributed by atoms with Gasteiger partial charge in [0.1, 0.15) is 0 Å². The molecule has 0 spiro atoms. The largest absolute Gasteiger partial charge is 0.394 e. The number of likely N-dealkylation sites (tertiary alicyclic amines) is 1. The molecule has 3 unspecified atom stereocenters. The zero-order valence-corrected chi connectivity index (χ0v) is 10.8. The van der Waals surface area contributed by atoms with Gasteiger partial charge in [-0.1, -0.05) is 6.92 Å². The van der Waals surface area contributed by atoms with E-state index in [1.807, 2.05) is 6.92 Å². The highest BCUT2D eigenvalue weighted by molar-refractivity contribution is 4.83. The maximum absolute atomic E-state index is 9.10. The van der Waals surface area contributed by atoms with Gasteiger partial charge in [-0.05, 0) is 32.2 Å². The van der Waals surface area contributed by atoms with Crippen molar-refractivity contribution in [2.24, 2.45) is 11.7 Å². The van der Waals surface area contributed by atoms with E-state index >= 15 is 0 Å². The highest BCUT2D eigenvalue weighted by atomic mass is 16.5. The summed E-state index contributed by atoms with van der Waals surface area (Å²) in [5.41, 5.74) is 5.47. The van der Waals surface area contributed by atoms with Crippen LogP contribution in [0.5, 0.6) is 0 Å². The number of hydrogen-bond donors (Lipinski definition) is 2. The molecule has 1 aliphatic heterocycles. The first kappa shape index (κ1) is 13.9. The molecule has 0 amide bonds. The summed E-state index contributed by atoms with van der Waals surface area (Å²) < 4.78 is 5.47. The fourth-order valence-electron chi connectivity index (χ4n) is 2.10. The van der Waals surface area contributed by atoms with Crippen LogP contribution in [-0.2, 0) is 4.74 Å². The van der Waals surface area contributed by atoms with E-state index in [0.717, 1.165) is 26.1 Å². The van der Waals surface area contributed by atoms with Gasteiger partial charge in [-0.2, -0.15) is 0 Å². The average Bonchev–Trinajstić information content (AvgIpc) is 2.28. The lowest BCUT2D eigenvalue weighted by atomic mass is 9.94. The van der Waals surface area contributed by atoms with E-state index in [1.165, 1.54) is 6.42 Å². The van der Waals surface area contributed by atoms with Crippen molar-refractivity contribution in [3.05, 3.63) is 0 Å². The van der Waals surface area contributed by atoms with Gasteiger partial charge in [-0.25, -0.2) is 0 Å². The summed E-state index contributed by atoms with van der Waals surface area (Å²) in [4.78, 5) is 2.38. The quantitative estimate of drug-likeness (QED) is 0.719. The van der Waals surface area contributed by atoms with Crippen molar-refractivity contribution in [2.45, 2.75) is 38.3 Å². The van der Waals surface area contributed by atoms with E-state index in [2.05, 4.69) is 11.8 Å². The van der Waals surface area contributed by atoms with Crippen molar-refractivity contribution < 1.29 is 9.84 Å². The summed E-state index contributed by atoms with van der Waals surface area (Å²) in [6.45, 7) is 7.23. The summed E-state index contributed by atoms with van der Waals surface area (Å²) in [6.07, 6.45) is 2.35. The molecule has 0 saturated carbocycles. The molecule has 0 radical (unpaired) electrons. The van der Waals surface area contributed by atoms with Crippen LogP contribution in [0, 0.1) is 5.92 Å². The topological polar surface area (TPSA) is 58.7 Å². The van der Waals surface area contributed by atoms with Crippen LogP contribution in [0.25, 0.3) is 0 Å². The Morgan fingerprint density at radius 1 is 1.56 bits per heavy atom. The lowest BCUT2D eigenvalue weighted by Gasteiger charge is -2.37. The number of piperidine rings is 1. The predicted molar refractivity (Wildman–Crippen MR) is 65.3 cm³/mol. The summed E-state index contributed by atoms with van der Waals surface area (Å²) in [5, 5.41) is 9.10. The number of nitrogens with zero attached hydrogens (tertiary/aromatic N) is 1. The minimum Gasteiger partial charge on any atom is -0.394 e. The Kier molecular flexibility index (Phi) is 5.18. The zero-order valence-electron chi connectivity index (χ0n) is 10.8. The predicted octanol–water partition coefficient (Wildman–Crippen LogP) is 0.443. The molecule has 1 aliphatic rings. The van der Waals surface area contributed by atoms with Gasteiger partial charge < -0.3 is 20.5 Å². The lowest BCUT2D eigenvalue weighted by molar-refractivity contribution is -0.00729. The molecule has 0 bridgehead atoms. The molecule has 3 N–H and O–H groups in total. The molecule has 16 heavy (non-hydrogen) atoms. The van der Waals surface area contributed by atoms with E-state index in [1.54, 1.807) is 7.11 Å². The van der Waals surface area contributed by atoms with Gasteiger partial charge in [0.2, 0.25) is 0 Å². The second kappa shape index (κ2) is 5.96. The van der Waals surface area contributed by atoms with Crippen LogP contribution in [0.1, 0.15) is 26.7 Å². The van der Waals surface area contributed by atoms with Crippen LogP contribution in [0.4, 0.5) is 0 Å². The number of rotatable bonds is 5. The van der Waals surface area contributed by atoms with Crippen molar-refractivity contribution in [3.63, 3.8) is 0 Å². The molecule has 1 fully saturated rings. The third-order valence-corrected chi connectivity index (χ3v) is 3.64. The van der Waals surface area contributed by atoms with E-state index in [4.69, 9.17) is 15.6 Å². The Balaban J connectivity index is 2.33. The van der Waals surface area contributed by atoms with E-state index in [-0.39, 0.29) is 6.61 Å². The Labute approximate surface area is 98.8 Å². The second-order valence-corrected chi connectivity index (χ2v) is 5.40. The third kappa shape index (κ3) is 4.01. The molecule has 0 aromatic carbocycles. The van der Waals surface area contributed by atoms with E-state index < -0.39 is 5.54 Å². The van der Waals surface area contributed by atoms with E-state index in [0.29, 0.717) is 12.0 Å². The van der Waals surface area contributed by atoms with Crippen molar-refractivity contribution in [1.29, 1.82) is 0 Å². The van der Waals surface area contributed by atoms with Gasteiger partial charge in [0.25, 0.3) is 0 Å². The molecule has 4 heteroatoms. The van der Waals surface area contributed by atoms with Crippen molar-refractivity contribution in [2.75, 3.05) is 33.4 Å². The molecule has 1 heterocycles. The van der Waals surface area contributed by atoms with Gasteiger partial charge in [0.05, 0.1) is 12.7 Å². The molecular weight excluding hydrogens is 204 g/mol. The fraction of sp³-hybridized carbons (Fsp3) is 1.00. The monoisotopic (exact) mass is 230 g/mol. The standard InChI is InChI=1S/C12H26N2O2/c1-10-4-6-14(8-11(10)16-3)7-5-12(2,13)9-15/h10-11,15H,4-9,13H2,1-3H3. The van der Waals surface area contributed by atoms with Gasteiger partial charge in [0, 0.05) is 25.7 Å². The lowest BCUT2D eigenvalue weighted by Crippen LogP contribution is -2.48. The summed E-state index contributed by atoms with van der Waals surface area (Å²) in [7, 11) is 1.78. The van der Waals surface area contributed by atoms with Crippen LogP contribution in [-0.4, -0.2) is 55.0 Å². The smallest absolute Gasteiger partial charge is 0.0724 e. The first-order valence-corrected chi connectivity index (χ1v) is 6.13. The van der Waals surface area contributed by atoms with Crippen LogP contribution < -0.4 is 5.73 Å². The van der Waals surface area contributed by atoms with Gasteiger partial charge in [0.15, 0.2) is 0 Å². The molecule has 0 aromatic heterocycles. The van der Waals surface area contributed by atoms with Gasteiger partial charge in [-0.3, -0.25) is 0 Å². The van der Waals surface area contributed by atoms with Crippen LogP contribution in [0.15, 0.2) is 0 Å². The van der Waals surface area contributed by atoms with Crippen molar-refractivity contribution >= 4 is 0 Å². The number of aliphatic hydroxyl groups excluding tert-OH is 1.